The molecule has 0 aromatic carbocycles. The van der Waals surface area contributed by atoms with Crippen molar-refractivity contribution in [2.24, 2.45) is 17.1 Å². The van der Waals surface area contributed by atoms with Crippen LogP contribution in [0.4, 0.5) is 0 Å². The molecule has 0 saturated carbocycles. The second-order valence-corrected chi connectivity index (χ2v) is 6.05. The zero-order chi connectivity index (χ0) is 12.8. The quantitative estimate of drug-likeness (QED) is 0.702. The van der Waals surface area contributed by atoms with Crippen LogP contribution < -0.4 is 11.1 Å². The topological polar surface area (TPSA) is 55.1 Å². The highest BCUT2D eigenvalue weighted by atomic mass is 16.1. The molecule has 1 atom stereocenters. The van der Waals surface area contributed by atoms with Gasteiger partial charge >= 0.3 is 0 Å². The normalized spacial score (nSPS) is 13.9. The van der Waals surface area contributed by atoms with Crippen molar-refractivity contribution >= 4 is 5.91 Å². The maximum absolute atomic E-state index is 11.5. The van der Waals surface area contributed by atoms with Crippen molar-refractivity contribution in [3.63, 3.8) is 0 Å². The van der Waals surface area contributed by atoms with E-state index in [1.807, 2.05) is 6.92 Å². The van der Waals surface area contributed by atoms with Gasteiger partial charge in [-0.05, 0) is 31.1 Å². The van der Waals surface area contributed by atoms with E-state index >= 15 is 0 Å². The number of hydrogen-bond donors (Lipinski definition) is 2. The summed E-state index contributed by atoms with van der Waals surface area (Å²) in [6.45, 7) is 11.5. The largest absolute Gasteiger partial charge is 0.356 e. The Balaban J connectivity index is 3.81. The van der Waals surface area contributed by atoms with E-state index in [-0.39, 0.29) is 17.4 Å². The highest BCUT2D eigenvalue weighted by Crippen LogP contribution is 2.24. The zero-order valence-corrected chi connectivity index (χ0v) is 11.5. The number of carbonyl (C=O) groups excluding carboxylic acids is 1. The van der Waals surface area contributed by atoms with E-state index in [1.54, 1.807) is 0 Å². The minimum absolute atomic E-state index is 0.106. The molecule has 3 heteroatoms. The lowest BCUT2D eigenvalue weighted by atomic mass is 9.84. The van der Waals surface area contributed by atoms with Crippen molar-refractivity contribution in [3.05, 3.63) is 0 Å². The van der Waals surface area contributed by atoms with Gasteiger partial charge in [-0.25, -0.2) is 0 Å². The summed E-state index contributed by atoms with van der Waals surface area (Å²) >= 11 is 0. The van der Waals surface area contributed by atoms with E-state index in [2.05, 4.69) is 33.0 Å². The monoisotopic (exact) mass is 228 g/mol. The summed E-state index contributed by atoms with van der Waals surface area (Å²) < 4.78 is 0. The third-order valence-corrected chi connectivity index (χ3v) is 2.55. The van der Waals surface area contributed by atoms with E-state index in [4.69, 9.17) is 5.73 Å². The number of rotatable bonds is 7. The van der Waals surface area contributed by atoms with Gasteiger partial charge in [0, 0.05) is 19.0 Å². The van der Waals surface area contributed by atoms with Gasteiger partial charge in [0.1, 0.15) is 0 Å². The molecule has 1 unspecified atom stereocenters. The second kappa shape index (κ2) is 6.89. The van der Waals surface area contributed by atoms with E-state index < -0.39 is 0 Å². The molecule has 0 aromatic rings. The molecule has 16 heavy (non-hydrogen) atoms. The molecule has 0 spiro atoms. The number of carbonyl (C=O) groups is 1. The van der Waals surface area contributed by atoms with Crippen LogP contribution in [0.5, 0.6) is 0 Å². The molecule has 0 bridgehead atoms. The van der Waals surface area contributed by atoms with Crippen LogP contribution in [0, 0.1) is 11.3 Å². The fraction of sp³-hybridized carbons (Fsp3) is 0.923. The highest BCUT2D eigenvalue weighted by molar-refractivity contribution is 5.75. The van der Waals surface area contributed by atoms with Gasteiger partial charge in [-0.2, -0.15) is 0 Å². The molecule has 0 radical (unpaired) electrons. The molecule has 3 nitrogen and oxygen atoms in total. The first-order valence-electron chi connectivity index (χ1n) is 6.25. The lowest BCUT2D eigenvalue weighted by molar-refractivity contribution is -0.121. The van der Waals surface area contributed by atoms with Crippen molar-refractivity contribution in [2.45, 2.75) is 59.9 Å². The molecule has 0 aliphatic carbocycles. The summed E-state index contributed by atoms with van der Waals surface area (Å²) in [5, 5.41) is 2.99. The van der Waals surface area contributed by atoms with Gasteiger partial charge in [0.2, 0.25) is 5.91 Å². The molecule has 0 aromatic heterocycles. The van der Waals surface area contributed by atoms with Gasteiger partial charge in [0.25, 0.3) is 0 Å². The summed E-state index contributed by atoms with van der Waals surface area (Å²) in [7, 11) is 0. The predicted octanol–water partition coefficient (Wildman–Crippen LogP) is 2.30. The fourth-order valence-electron chi connectivity index (χ4n) is 1.96. The minimum atomic E-state index is 0.106. The molecule has 0 aliphatic heterocycles. The van der Waals surface area contributed by atoms with Gasteiger partial charge in [-0.3, -0.25) is 4.79 Å². The van der Waals surface area contributed by atoms with Crippen LogP contribution in [-0.4, -0.2) is 18.5 Å². The van der Waals surface area contributed by atoms with Gasteiger partial charge in [-0.1, -0.05) is 27.7 Å². The Morgan fingerprint density at radius 2 is 1.88 bits per heavy atom. The molecule has 0 rings (SSSR count). The Hall–Kier alpha value is -0.570. The van der Waals surface area contributed by atoms with Crippen LogP contribution in [0.15, 0.2) is 0 Å². The summed E-state index contributed by atoms with van der Waals surface area (Å²) in [6, 6.07) is 0.106. The second-order valence-electron chi connectivity index (χ2n) is 6.05. The average molecular weight is 228 g/mol. The first kappa shape index (κ1) is 15.4. The number of amides is 1. The third kappa shape index (κ3) is 8.72. The molecule has 0 aliphatic rings. The van der Waals surface area contributed by atoms with E-state index in [1.165, 1.54) is 0 Å². The van der Waals surface area contributed by atoms with Crippen LogP contribution in [0.3, 0.4) is 0 Å². The van der Waals surface area contributed by atoms with Crippen molar-refractivity contribution in [2.75, 3.05) is 6.54 Å². The zero-order valence-electron chi connectivity index (χ0n) is 11.5. The SMILES string of the molecule is CC(C)CC(C)(C)CNC(=O)CCC(C)N. The van der Waals surface area contributed by atoms with E-state index in [9.17, 15) is 4.79 Å². The lowest BCUT2D eigenvalue weighted by Gasteiger charge is -2.27. The van der Waals surface area contributed by atoms with Gasteiger partial charge in [0.05, 0.1) is 0 Å². The minimum Gasteiger partial charge on any atom is -0.356 e. The van der Waals surface area contributed by atoms with Crippen molar-refractivity contribution < 1.29 is 4.79 Å². The van der Waals surface area contributed by atoms with Gasteiger partial charge < -0.3 is 11.1 Å². The van der Waals surface area contributed by atoms with E-state index in [0.29, 0.717) is 12.3 Å². The fourth-order valence-corrected chi connectivity index (χ4v) is 1.96. The van der Waals surface area contributed by atoms with E-state index in [0.717, 1.165) is 19.4 Å². The smallest absolute Gasteiger partial charge is 0.220 e. The molecule has 0 heterocycles. The van der Waals surface area contributed by atoms with Crippen LogP contribution in [0.25, 0.3) is 0 Å². The van der Waals surface area contributed by atoms with Gasteiger partial charge in [0.15, 0.2) is 0 Å². The van der Waals surface area contributed by atoms with Crippen molar-refractivity contribution in [1.29, 1.82) is 0 Å². The van der Waals surface area contributed by atoms with Crippen molar-refractivity contribution in [3.8, 4) is 0 Å². The molecule has 0 fully saturated rings. The number of hydrogen-bond acceptors (Lipinski definition) is 2. The number of nitrogens with two attached hydrogens (primary N) is 1. The molecular formula is C13H28N2O. The Morgan fingerprint density at radius 1 is 1.31 bits per heavy atom. The average Bonchev–Trinajstić information content (AvgIpc) is 2.09. The summed E-state index contributed by atoms with van der Waals surface area (Å²) in [4.78, 5) is 11.5. The third-order valence-electron chi connectivity index (χ3n) is 2.55. The van der Waals surface area contributed by atoms with Gasteiger partial charge in [-0.15, -0.1) is 0 Å². The van der Waals surface area contributed by atoms with Crippen LogP contribution >= 0.6 is 0 Å². The van der Waals surface area contributed by atoms with Crippen LogP contribution in [0.1, 0.15) is 53.9 Å². The summed E-state index contributed by atoms with van der Waals surface area (Å²) in [6.07, 6.45) is 2.42. The molecule has 1 amide bonds. The molecule has 3 N–H and O–H groups in total. The summed E-state index contributed by atoms with van der Waals surface area (Å²) in [5.41, 5.74) is 5.79. The lowest BCUT2D eigenvalue weighted by Crippen LogP contribution is -2.35. The molecular weight excluding hydrogens is 200 g/mol. The first-order valence-corrected chi connectivity index (χ1v) is 6.25. The van der Waals surface area contributed by atoms with Crippen LogP contribution in [0.2, 0.25) is 0 Å². The Bertz CT molecular complexity index is 210. The predicted molar refractivity (Wildman–Crippen MR) is 69.1 cm³/mol. The Morgan fingerprint density at radius 3 is 2.31 bits per heavy atom. The number of nitrogens with one attached hydrogen (secondary N) is 1. The Kier molecular flexibility index (Phi) is 6.65. The molecule has 0 saturated heterocycles. The maximum atomic E-state index is 11.5. The first-order chi connectivity index (χ1) is 7.23. The molecule has 96 valence electrons. The maximum Gasteiger partial charge on any atom is 0.220 e. The summed E-state index contributed by atoms with van der Waals surface area (Å²) in [5.74, 6) is 0.782. The van der Waals surface area contributed by atoms with Crippen molar-refractivity contribution in [1.82, 2.24) is 5.32 Å². The van der Waals surface area contributed by atoms with Crippen LogP contribution in [-0.2, 0) is 4.79 Å². The highest BCUT2D eigenvalue weighted by Gasteiger charge is 2.20. The standard InChI is InChI=1S/C13H28N2O/c1-10(2)8-13(4,5)9-15-12(16)7-6-11(3)14/h10-11H,6-9,14H2,1-5H3,(H,15,16). The Labute approximate surface area is 100 Å².